The number of para-hydroxylation sites is 4. The predicted molar refractivity (Wildman–Crippen MR) is 166 cm³/mol. The van der Waals surface area contributed by atoms with Gasteiger partial charge >= 0.3 is 0 Å². The Kier molecular flexibility index (Phi) is 4.30. The highest BCUT2D eigenvalue weighted by Gasteiger charge is 2.20. The van der Waals surface area contributed by atoms with Gasteiger partial charge in [0.15, 0.2) is 0 Å². The fourth-order valence-electron chi connectivity index (χ4n) is 6.44. The largest absolute Gasteiger partial charge is 0.308 e. The van der Waals surface area contributed by atoms with Gasteiger partial charge in [0.2, 0.25) is 0 Å². The van der Waals surface area contributed by atoms with Crippen LogP contribution in [-0.2, 0) is 0 Å². The number of hydrogen-bond donors (Lipinski definition) is 0. The van der Waals surface area contributed by atoms with Crippen molar-refractivity contribution in [2.45, 2.75) is 0 Å². The lowest BCUT2D eigenvalue weighted by atomic mass is 10.1. The van der Waals surface area contributed by atoms with Crippen LogP contribution in [0.25, 0.3) is 76.8 Å². The lowest BCUT2D eigenvalue weighted by molar-refractivity contribution is 1.15. The summed E-state index contributed by atoms with van der Waals surface area (Å²) in [6.07, 6.45) is 3.98. The molecule has 0 N–H and O–H groups in total. The molecule has 9 rings (SSSR count). The highest BCUT2D eigenvalue weighted by molar-refractivity contribution is 6.28. The van der Waals surface area contributed by atoms with Crippen LogP contribution >= 0.6 is 0 Å². The van der Waals surface area contributed by atoms with Crippen molar-refractivity contribution in [3.63, 3.8) is 0 Å². The highest BCUT2D eigenvalue weighted by atomic mass is 15.0. The summed E-state index contributed by atoms with van der Waals surface area (Å²) in [5, 5.41) is 7.24. The van der Waals surface area contributed by atoms with Gasteiger partial charge in [-0.15, -0.1) is 0 Å². The molecule has 0 fully saturated rings. The van der Waals surface area contributed by atoms with E-state index in [-0.39, 0.29) is 0 Å². The molecule has 4 heteroatoms. The third kappa shape index (κ3) is 2.90. The number of nitrogens with zero attached hydrogens (tertiary/aromatic N) is 4. The van der Waals surface area contributed by atoms with Gasteiger partial charge in [-0.1, -0.05) is 72.8 Å². The second-order valence-corrected chi connectivity index (χ2v) is 10.3. The molecule has 0 unspecified atom stereocenters. The summed E-state index contributed by atoms with van der Waals surface area (Å²) in [6, 6.07) is 43.0. The van der Waals surface area contributed by atoms with Crippen LogP contribution in [0.5, 0.6) is 0 Å². The van der Waals surface area contributed by atoms with Crippen molar-refractivity contribution in [3.8, 4) is 11.4 Å². The molecule has 0 aliphatic carbocycles. The molecular weight excluding hydrogens is 488 g/mol. The molecule has 0 saturated heterocycles. The molecule has 0 atom stereocenters. The van der Waals surface area contributed by atoms with Crippen molar-refractivity contribution in [1.82, 2.24) is 19.1 Å². The number of fused-ring (bicyclic) bond motifs is 9. The predicted octanol–water partition coefficient (Wildman–Crippen LogP) is 8.98. The molecule has 0 aliphatic rings. The molecule has 4 heterocycles. The van der Waals surface area contributed by atoms with Crippen LogP contribution in [0, 0.1) is 0 Å². The Balaban J connectivity index is 1.43. The van der Waals surface area contributed by atoms with E-state index in [0.717, 1.165) is 33.2 Å². The molecule has 0 spiro atoms. The van der Waals surface area contributed by atoms with Crippen LogP contribution in [0.3, 0.4) is 0 Å². The molecule has 0 radical (unpaired) electrons. The van der Waals surface area contributed by atoms with Gasteiger partial charge < -0.3 is 9.13 Å². The summed E-state index contributed by atoms with van der Waals surface area (Å²) in [4.78, 5) is 9.60. The maximum Gasteiger partial charge on any atom is 0.0703 e. The molecule has 0 aliphatic heterocycles. The molecule has 0 amide bonds. The molecule has 186 valence electrons. The second-order valence-electron chi connectivity index (χ2n) is 10.3. The van der Waals surface area contributed by atoms with Crippen molar-refractivity contribution < 1.29 is 0 Å². The standard InChI is InChI=1S/C36H22N4/c1-5-13-29-23(9-1)19-25(21-37-29)39-31-15-7-3-11-27(31)35-33(39)17-18-34-36(35)28-12-4-8-16-32(28)40(34)26-20-24-10-2-6-14-30(24)38-22-26/h1-22H. The fourth-order valence-corrected chi connectivity index (χ4v) is 6.44. The van der Waals surface area contributed by atoms with Gasteiger partial charge in [-0.3, -0.25) is 9.97 Å². The Hall–Kier alpha value is -5.48. The average Bonchev–Trinajstić information content (AvgIpc) is 3.53. The third-order valence-electron chi connectivity index (χ3n) is 8.14. The van der Waals surface area contributed by atoms with Crippen LogP contribution in [0.4, 0.5) is 0 Å². The molecule has 5 aromatic carbocycles. The summed E-state index contributed by atoms with van der Waals surface area (Å²) in [7, 11) is 0. The zero-order valence-electron chi connectivity index (χ0n) is 21.5. The smallest absolute Gasteiger partial charge is 0.0703 e. The van der Waals surface area contributed by atoms with E-state index in [9.17, 15) is 0 Å². The summed E-state index contributed by atoms with van der Waals surface area (Å²) in [6.45, 7) is 0. The number of rotatable bonds is 2. The molecule has 4 aromatic heterocycles. The van der Waals surface area contributed by atoms with Crippen molar-refractivity contribution in [3.05, 3.63) is 134 Å². The van der Waals surface area contributed by atoms with Crippen LogP contribution in [-0.4, -0.2) is 19.1 Å². The van der Waals surface area contributed by atoms with Gasteiger partial charge in [-0.2, -0.15) is 0 Å². The van der Waals surface area contributed by atoms with Gasteiger partial charge in [0.05, 0.1) is 56.9 Å². The van der Waals surface area contributed by atoms with E-state index in [0.29, 0.717) is 0 Å². The van der Waals surface area contributed by atoms with E-state index in [4.69, 9.17) is 9.97 Å². The van der Waals surface area contributed by atoms with Crippen molar-refractivity contribution >= 4 is 65.4 Å². The van der Waals surface area contributed by atoms with Gasteiger partial charge in [0, 0.05) is 32.3 Å². The molecule has 40 heavy (non-hydrogen) atoms. The van der Waals surface area contributed by atoms with Gasteiger partial charge in [0.25, 0.3) is 0 Å². The maximum atomic E-state index is 4.80. The zero-order valence-corrected chi connectivity index (χ0v) is 21.5. The normalized spacial score (nSPS) is 12.0. The number of benzene rings is 5. The number of pyridine rings is 2. The van der Waals surface area contributed by atoms with Crippen molar-refractivity contribution in [1.29, 1.82) is 0 Å². The van der Waals surface area contributed by atoms with E-state index in [2.05, 4.69) is 118 Å². The maximum absolute atomic E-state index is 4.80. The van der Waals surface area contributed by atoms with Crippen molar-refractivity contribution in [2.24, 2.45) is 0 Å². The minimum Gasteiger partial charge on any atom is -0.308 e. The van der Waals surface area contributed by atoms with Crippen LogP contribution < -0.4 is 0 Å². The SMILES string of the molecule is c1ccc2ncc(-n3c4ccccc4c4c5c6ccccc6n(-c6cnc7ccccc7c6)c5ccc43)cc2c1. The third-order valence-corrected chi connectivity index (χ3v) is 8.14. The zero-order chi connectivity index (χ0) is 26.2. The highest BCUT2D eigenvalue weighted by Crippen LogP contribution is 2.42. The first-order valence-electron chi connectivity index (χ1n) is 13.5. The van der Waals surface area contributed by atoms with E-state index >= 15 is 0 Å². The Morgan fingerprint density at radius 3 is 1.32 bits per heavy atom. The first-order chi connectivity index (χ1) is 19.8. The monoisotopic (exact) mass is 510 g/mol. The number of hydrogen-bond acceptors (Lipinski definition) is 2. The van der Waals surface area contributed by atoms with Gasteiger partial charge in [-0.25, -0.2) is 0 Å². The van der Waals surface area contributed by atoms with E-state index in [1.165, 1.54) is 43.6 Å². The molecule has 0 bridgehead atoms. The molecule has 9 aromatic rings. The Morgan fingerprint density at radius 1 is 0.400 bits per heavy atom. The summed E-state index contributed by atoms with van der Waals surface area (Å²) < 4.78 is 4.71. The average molecular weight is 511 g/mol. The van der Waals surface area contributed by atoms with Crippen LogP contribution in [0.15, 0.2) is 134 Å². The lowest BCUT2D eigenvalue weighted by Gasteiger charge is -2.10. The minimum atomic E-state index is 1.00. The molecule has 0 saturated carbocycles. The van der Waals surface area contributed by atoms with Crippen LogP contribution in [0.1, 0.15) is 0 Å². The van der Waals surface area contributed by atoms with E-state index < -0.39 is 0 Å². The van der Waals surface area contributed by atoms with Gasteiger partial charge in [-0.05, 0) is 48.5 Å². The molecular formula is C36H22N4. The quantitative estimate of drug-likeness (QED) is 0.233. The topological polar surface area (TPSA) is 35.6 Å². The lowest BCUT2D eigenvalue weighted by Crippen LogP contribution is -1.96. The van der Waals surface area contributed by atoms with Gasteiger partial charge in [0.1, 0.15) is 0 Å². The molecule has 4 nitrogen and oxygen atoms in total. The Morgan fingerprint density at radius 2 is 0.825 bits per heavy atom. The summed E-state index contributed by atoms with van der Waals surface area (Å²) >= 11 is 0. The first kappa shape index (κ1) is 21.5. The minimum absolute atomic E-state index is 1.00. The number of aromatic nitrogens is 4. The van der Waals surface area contributed by atoms with E-state index in [1.54, 1.807) is 0 Å². The Labute approximate surface area is 229 Å². The summed E-state index contributed by atoms with van der Waals surface area (Å²) in [5.74, 6) is 0. The van der Waals surface area contributed by atoms with Crippen molar-refractivity contribution in [2.75, 3.05) is 0 Å². The Bertz CT molecular complexity index is 2270. The fraction of sp³-hybridized carbons (Fsp3) is 0. The second kappa shape index (κ2) is 8.01. The summed E-state index contributed by atoms with van der Waals surface area (Å²) in [5.41, 5.74) is 8.81. The first-order valence-corrected chi connectivity index (χ1v) is 13.5. The van der Waals surface area contributed by atoms with Crippen LogP contribution in [0.2, 0.25) is 0 Å². The van der Waals surface area contributed by atoms with E-state index in [1.807, 2.05) is 24.5 Å².